The molecule has 1 aliphatic heterocycles. The standard InChI is InChI=1S/C16H22NO2/c1-15(2)11-13(10-12-8-6-5-7-9-12)14(18)16(3,4)17(15)19/h5-9,13H,10-11H2,1-4H3. The molecule has 103 valence electrons. The van der Waals surface area contributed by atoms with Gasteiger partial charge in [-0.05, 0) is 46.1 Å². The number of hydrogen-bond acceptors (Lipinski definition) is 2. The highest BCUT2D eigenvalue weighted by Gasteiger charge is 2.51. The van der Waals surface area contributed by atoms with Gasteiger partial charge >= 0.3 is 0 Å². The molecule has 2 rings (SSSR count). The summed E-state index contributed by atoms with van der Waals surface area (Å²) in [4.78, 5) is 12.5. The van der Waals surface area contributed by atoms with Crippen molar-refractivity contribution in [2.45, 2.75) is 51.6 Å². The Morgan fingerprint density at radius 1 is 1.16 bits per heavy atom. The minimum atomic E-state index is -0.929. The molecule has 1 aromatic rings. The van der Waals surface area contributed by atoms with Crippen molar-refractivity contribution < 1.29 is 10.0 Å². The van der Waals surface area contributed by atoms with E-state index in [1.165, 1.54) is 0 Å². The lowest BCUT2D eigenvalue weighted by Gasteiger charge is -2.48. The van der Waals surface area contributed by atoms with Crippen LogP contribution in [-0.2, 0) is 16.4 Å². The van der Waals surface area contributed by atoms with Gasteiger partial charge in [0.1, 0.15) is 5.54 Å². The number of benzene rings is 1. The Morgan fingerprint density at radius 2 is 1.74 bits per heavy atom. The maximum atomic E-state index is 12.5. The number of Topliss-reactive ketones (excluding diaryl/α,β-unsaturated/α-hetero) is 1. The van der Waals surface area contributed by atoms with E-state index in [4.69, 9.17) is 0 Å². The molecular formula is C16H22NO2. The van der Waals surface area contributed by atoms with E-state index in [0.29, 0.717) is 6.42 Å². The average Bonchev–Trinajstić information content (AvgIpc) is 2.35. The summed E-state index contributed by atoms with van der Waals surface area (Å²) in [6.07, 6.45) is 1.34. The number of nitrogens with zero attached hydrogens (tertiary/aromatic N) is 1. The Kier molecular flexibility index (Phi) is 3.54. The van der Waals surface area contributed by atoms with Crippen molar-refractivity contribution in [2.75, 3.05) is 0 Å². The van der Waals surface area contributed by atoms with Crippen LogP contribution in [0.3, 0.4) is 0 Å². The Hall–Kier alpha value is -1.19. The fraction of sp³-hybridized carbons (Fsp3) is 0.562. The fourth-order valence-corrected chi connectivity index (χ4v) is 3.20. The van der Waals surface area contributed by atoms with Crippen LogP contribution in [0, 0.1) is 5.92 Å². The number of piperidine rings is 1. The summed E-state index contributed by atoms with van der Waals surface area (Å²) in [5.74, 6) is -0.0109. The molecule has 1 radical (unpaired) electrons. The molecule has 0 saturated carbocycles. The summed E-state index contributed by atoms with van der Waals surface area (Å²) in [5, 5.41) is 13.2. The highest BCUT2D eigenvalue weighted by molar-refractivity contribution is 5.90. The molecular weight excluding hydrogens is 238 g/mol. The van der Waals surface area contributed by atoms with Gasteiger partial charge in [-0.1, -0.05) is 30.3 Å². The first-order valence-corrected chi connectivity index (χ1v) is 6.81. The van der Waals surface area contributed by atoms with E-state index in [1.54, 1.807) is 13.8 Å². The summed E-state index contributed by atoms with van der Waals surface area (Å²) >= 11 is 0. The SMILES string of the molecule is CC1(C)CC(Cc2ccccc2)C(=O)C(C)(C)N1[O]. The smallest absolute Gasteiger partial charge is 0.158 e. The van der Waals surface area contributed by atoms with Gasteiger partial charge < -0.3 is 0 Å². The van der Waals surface area contributed by atoms with Crippen molar-refractivity contribution in [3.63, 3.8) is 0 Å². The largest absolute Gasteiger partial charge is 0.297 e. The van der Waals surface area contributed by atoms with E-state index in [1.807, 2.05) is 44.2 Å². The zero-order valence-corrected chi connectivity index (χ0v) is 12.1. The molecule has 1 unspecified atom stereocenters. The first-order valence-electron chi connectivity index (χ1n) is 6.81. The third-order valence-electron chi connectivity index (χ3n) is 4.10. The second-order valence-electron chi connectivity index (χ2n) is 6.62. The summed E-state index contributed by atoms with van der Waals surface area (Å²) in [6, 6.07) is 10.0. The molecule has 0 N–H and O–H groups in total. The van der Waals surface area contributed by atoms with Crippen molar-refractivity contribution >= 4 is 5.78 Å². The van der Waals surface area contributed by atoms with Crippen molar-refractivity contribution in [3.05, 3.63) is 35.9 Å². The van der Waals surface area contributed by atoms with Crippen molar-refractivity contribution in [1.29, 1.82) is 0 Å². The van der Waals surface area contributed by atoms with Gasteiger partial charge in [-0.3, -0.25) is 4.79 Å². The van der Waals surface area contributed by atoms with Crippen LogP contribution < -0.4 is 0 Å². The summed E-state index contributed by atoms with van der Waals surface area (Å²) in [6.45, 7) is 7.32. The highest BCUT2D eigenvalue weighted by atomic mass is 16.5. The van der Waals surface area contributed by atoms with Gasteiger partial charge in [0.05, 0.1) is 0 Å². The molecule has 1 heterocycles. The average molecular weight is 260 g/mol. The van der Waals surface area contributed by atoms with Crippen LogP contribution in [-0.4, -0.2) is 21.9 Å². The Morgan fingerprint density at radius 3 is 2.32 bits per heavy atom. The normalized spacial score (nSPS) is 26.4. The van der Waals surface area contributed by atoms with Gasteiger partial charge in [-0.25, -0.2) is 0 Å². The van der Waals surface area contributed by atoms with Crippen LogP contribution in [0.25, 0.3) is 0 Å². The molecule has 0 aliphatic carbocycles. The van der Waals surface area contributed by atoms with E-state index >= 15 is 0 Å². The van der Waals surface area contributed by atoms with Crippen molar-refractivity contribution in [2.24, 2.45) is 5.92 Å². The molecule has 0 amide bonds. The predicted octanol–water partition coefficient (Wildman–Crippen LogP) is 3.02. The number of ketones is 1. The molecule has 19 heavy (non-hydrogen) atoms. The van der Waals surface area contributed by atoms with Crippen LogP contribution in [0.1, 0.15) is 39.7 Å². The zero-order chi connectivity index (χ0) is 14.3. The maximum Gasteiger partial charge on any atom is 0.158 e. The van der Waals surface area contributed by atoms with E-state index in [9.17, 15) is 10.0 Å². The number of hydrogen-bond donors (Lipinski definition) is 0. The summed E-state index contributed by atoms with van der Waals surface area (Å²) < 4.78 is 0. The lowest BCUT2D eigenvalue weighted by molar-refractivity contribution is -0.279. The quantitative estimate of drug-likeness (QED) is 0.820. The topological polar surface area (TPSA) is 40.2 Å². The lowest BCUT2D eigenvalue weighted by Crippen LogP contribution is -2.63. The second kappa shape index (κ2) is 4.73. The van der Waals surface area contributed by atoms with E-state index in [2.05, 4.69) is 0 Å². The molecule has 1 aliphatic rings. The van der Waals surface area contributed by atoms with Gasteiger partial charge in [-0.15, -0.1) is 10.3 Å². The Labute approximate surface area is 115 Å². The van der Waals surface area contributed by atoms with Gasteiger partial charge in [0.15, 0.2) is 5.78 Å². The van der Waals surface area contributed by atoms with Crippen LogP contribution in [0.2, 0.25) is 0 Å². The summed E-state index contributed by atoms with van der Waals surface area (Å²) in [7, 11) is 0. The van der Waals surface area contributed by atoms with Crippen molar-refractivity contribution in [3.8, 4) is 0 Å². The lowest BCUT2D eigenvalue weighted by atomic mass is 9.72. The van der Waals surface area contributed by atoms with Gasteiger partial charge in [0.25, 0.3) is 0 Å². The number of carbonyl (C=O) groups excluding carboxylic acids is 1. The first kappa shape index (κ1) is 14.2. The molecule has 1 aromatic carbocycles. The van der Waals surface area contributed by atoms with Crippen LogP contribution in [0.5, 0.6) is 0 Å². The van der Waals surface area contributed by atoms with Crippen LogP contribution in [0.4, 0.5) is 0 Å². The maximum absolute atomic E-state index is 12.5. The predicted molar refractivity (Wildman–Crippen MR) is 73.9 cm³/mol. The van der Waals surface area contributed by atoms with Gasteiger partial charge in [0, 0.05) is 11.5 Å². The van der Waals surface area contributed by atoms with E-state index in [0.717, 1.165) is 17.0 Å². The molecule has 0 bridgehead atoms. The minimum absolute atomic E-state index is 0.0608. The molecule has 1 atom stereocenters. The van der Waals surface area contributed by atoms with E-state index in [-0.39, 0.29) is 11.7 Å². The van der Waals surface area contributed by atoms with Gasteiger partial charge in [0.2, 0.25) is 0 Å². The fourth-order valence-electron chi connectivity index (χ4n) is 3.20. The molecule has 1 saturated heterocycles. The van der Waals surface area contributed by atoms with E-state index < -0.39 is 11.1 Å². The summed E-state index contributed by atoms with van der Waals surface area (Å²) in [5.41, 5.74) is -0.260. The zero-order valence-electron chi connectivity index (χ0n) is 12.1. The number of rotatable bonds is 2. The Bertz CT molecular complexity index is 465. The van der Waals surface area contributed by atoms with Crippen LogP contribution in [0.15, 0.2) is 30.3 Å². The highest BCUT2D eigenvalue weighted by Crippen LogP contribution is 2.39. The molecule has 0 aromatic heterocycles. The Balaban J connectivity index is 2.24. The first-order chi connectivity index (χ1) is 8.75. The molecule has 3 nitrogen and oxygen atoms in total. The second-order valence-corrected chi connectivity index (χ2v) is 6.62. The van der Waals surface area contributed by atoms with Gasteiger partial charge in [-0.2, -0.15) is 0 Å². The van der Waals surface area contributed by atoms with Crippen LogP contribution >= 0.6 is 0 Å². The molecule has 1 fully saturated rings. The minimum Gasteiger partial charge on any atom is -0.297 e. The van der Waals surface area contributed by atoms with Crippen molar-refractivity contribution in [1.82, 2.24) is 5.06 Å². The number of carbonyl (C=O) groups is 1. The number of hydroxylamine groups is 2. The third kappa shape index (κ3) is 2.58. The molecule has 0 spiro atoms. The monoisotopic (exact) mass is 260 g/mol. The third-order valence-corrected chi connectivity index (χ3v) is 4.10. The molecule has 3 heteroatoms.